The summed E-state index contributed by atoms with van der Waals surface area (Å²) in [5.74, 6) is 0.320. The van der Waals surface area contributed by atoms with E-state index in [2.05, 4.69) is 230 Å². The molecule has 0 aromatic heterocycles. The summed E-state index contributed by atoms with van der Waals surface area (Å²) in [4.78, 5) is 5.41. The van der Waals surface area contributed by atoms with E-state index in [0.717, 1.165) is 0 Å². The first-order chi connectivity index (χ1) is 30.8. The third-order valence-corrected chi connectivity index (χ3v) is 16.9. The molecule has 340 valence electrons. The molecule has 6 aromatic carbocycles. The fourth-order valence-electron chi connectivity index (χ4n) is 12.2. The second-order valence-corrected chi connectivity index (χ2v) is 25.8. The minimum absolute atomic E-state index is 0.00651. The molecule has 0 radical (unpaired) electrons. The summed E-state index contributed by atoms with van der Waals surface area (Å²) in [5, 5.41) is 0. The number of fused-ring (bicyclic) bond motifs is 6. The van der Waals surface area contributed by atoms with Crippen molar-refractivity contribution < 1.29 is 0 Å². The zero-order valence-electron chi connectivity index (χ0n) is 43.3. The quantitative estimate of drug-likeness (QED) is 0.163. The van der Waals surface area contributed by atoms with Gasteiger partial charge in [0.2, 0.25) is 0 Å². The van der Waals surface area contributed by atoms with Crippen LogP contribution in [-0.4, -0.2) is 6.71 Å². The van der Waals surface area contributed by atoms with Gasteiger partial charge < -0.3 is 9.80 Å². The molecule has 0 saturated carbocycles. The average Bonchev–Trinajstić information content (AvgIpc) is 3.25. The number of rotatable bonds is 4. The summed E-state index contributed by atoms with van der Waals surface area (Å²) in [6.45, 7) is 38.7. The van der Waals surface area contributed by atoms with Crippen molar-refractivity contribution in [1.29, 1.82) is 0 Å². The maximum absolute atomic E-state index is 2.72. The highest BCUT2D eigenvalue weighted by Crippen LogP contribution is 2.54. The number of benzene rings is 6. The van der Waals surface area contributed by atoms with Crippen LogP contribution in [0, 0.1) is 0 Å². The van der Waals surface area contributed by atoms with E-state index in [9.17, 15) is 0 Å². The zero-order valence-corrected chi connectivity index (χ0v) is 43.3. The molecule has 66 heavy (non-hydrogen) atoms. The van der Waals surface area contributed by atoms with Crippen LogP contribution in [0.3, 0.4) is 0 Å². The normalized spacial score (nSPS) is 18.6. The first-order valence-electron chi connectivity index (χ1n) is 25.2. The van der Waals surface area contributed by atoms with E-state index in [4.69, 9.17) is 0 Å². The van der Waals surface area contributed by atoms with Crippen molar-refractivity contribution in [2.24, 2.45) is 0 Å². The highest BCUT2D eigenvalue weighted by molar-refractivity contribution is 7.00. The van der Waals surface area contributed by atoms with E-state index in [0.29, 0.717) is 5.92 Å². The van der Waals surface area contributed by atoms with Gasteiger partial charge in [0.25, 0.3) is 6.71 Å². The first kappa shape index (κ1) is 44.8. The van der Waals surface area contributed by atoms with Crippen LogP contribution in [-0.2, 0) is 32.5 Å². The smallest absolute Gasteiger partial charge is 0.252 e. The maximum atomic E-state index is 2.72. The van der Waals surface area contributed by atoms with E-state index in [1.165, 1.54) is 126 Å². The molecule has 0 spiro atoms. The van der Waals surface area contributed by atoms with Crippen molar-refractivity contribution in [3.05, 3.63) is 148 Å². The Bertz CT molecular complexity index is 2930. The standard InChI is InChI=1S/C63H75BN2/c1-39(2)41-32-55-57-56(33-41)66(52-27-23-42(58(3,4)5)34-45(52)40-20-18-17-19-21-40)53-35-43(59(6,7)8)22-26-50(53)64(57)51-37-48-49(63(15,16)31-30-62(48,13)14)38-54(51)65(55)44-24-25-46-47(36-44)61(11,12)29-28-60(46,9)10/h17-27,32-39H,28-31H2,1-16H3. The number of anilines is 6. The van der Waals surface area contributed by atoms with Crippen molar-refractivity contribution in [2.45, 2.75) is 175 Å². The topological polar surface area (TPSA) is 6.48 Å². The van der Waals surface area contributed by atoms with Crippen LogP contribution in [0.4, 0.5) is 34.1 Å². The van der Waals surface area contributed by atoms with Gasteiger partial charge in [-0.3, -0.25) is 0 Å². The van der Waals surface area contributed by atoms with Crippen LogP contribution < -0.4 is 26.2 Å². The van der Waals surface area contributed by atoms with Crippen LogP contribution in [0.1, 0.15) is 181 Å². The van der Waals surface area contributed by atoms with Crippen LogP contribution in [0.15, 0.2) is 109 Å². The molecular weight excluding hydrogens is 796 g/mol. The fourth-order valence-corrected chi connectivity index (χ4v) is 12.2. The highest BCUT2D eigenvalue weighted by Gasteiger charge is 2.48. The summed E-state index contributed by atoms with van der Waals surface area (Å²) < 4.78 is 0. The molecule has 2 aliphatic heterocycles. The lowest BCUT2D eigenvalue weighted by molar-refractivity contribution is 0.332. The van der Waals surface area contributed by atoms with Gasteiger partial charge in [-0.05, 0) is 174 Å². The second kappa shape index (κ2) is 14.7. The summed E-state index contributed by atoms with van der Waals surface area (Å²) in [7, 11) is 0. The maximum Gasteiger partial charge on any atom is 0.252 e. The van der Waals surface area contributed by atoms with E-state index in [1.54, 1.807) is 0 Å². The van der Waals surface area contributed by atoms with Crippen LogP contribution in [0.5, 0.6) is 0 Å². The lowest BCUT2D eigenvalue weighted by Gasteiger charge is -2.48. The molecule has 0 fully saturated rings. The fraction of sp³-hybridized carbons (Fsp3) is 0.429. The van der Waals surface area contributed by atoms with Gasteiger partial charge in [-0.25, -0.2) is 0 Å². The lowest BCUT2D eigenvalue weighted by Crippen LogP contribution is -2.62. The Morgan fingerprint density at radius 1 is 0.455 bits per heavy atom. The SMILES string of the molecule is CC(C)c1cc2c3c(c1)N(c1ccc(C(C)(C)C)cc1-c1ccccc1)c1cc(C(C)(C)C)ccc1B3c1cc3c(cc1N2c1ccc2c(c1)C(C)(C)CCC2(C)C)C(C)(C)CCC3(C)C. The second-order valence-electron chi connectivity index (χ2n) is 25.8. The number of hydrogen-bond acceptors (Lipinski definition) is 2. The molecule has 10 rings (SSSR count). The summed E-state index contributed by atoms with van der Waals surface area (Å²) in [6, 6.07) is 44.0. The van der Waals surface area contributed by atoms with Gasteiger partial charge in [-0.2, -0.15) is 0 Å². The van der Waals surface area contributed by atoms with Crippen molar-refractivity contribution in [2.75, 3.05) is 9.80 Å². The van der Waals surface area contributed by atoms with Crippen LogP contribution in [0.2, 0.25) is 0 Å². The lowest BCUT2D eigenvalue weighted by atomic mass is 9.33. The molecule has 0 bridgehead atoms. The average molecular weight is 871 g/mol. The Balaban J connectivity index is 1.36. The van der Waals surface area contributed by atoms with Gasteiger partial charge in [-0.15, -0.1) is 0 Å². The van der Waals surface area contributed by atoms with Gasteiger partial charge in [0.1, 0.15) is 0 Å². The molecule has 6 aromatic rings. The third-order valence-electron chi connectivity index (χ3n) is 16.9. The summed E-state index contributed by atoms with van der Waals surface area (Å²) in [6.07, 6.45) is 4.75. The minimum Gasteiger partial charge on any atom is -0.311 e. The Hall–Kier alpha value is -5.02. The zero-order chi connectivity index (χ0) is 47.3. The Morgan fingerprint density at radius 2 is 0.970 bits per heavy atom. The molecule has 4 aliphatic rings. The molecule has 0 amide bonds. The highest BCUT2D eigenvalue weighted by atomic mass is 15.2. The van der Waals surface area contributed by atoms with Crippen molar-refractivity contribution >= 4 is 57.2 Å². The van der Waals surface area contributed by atoms with Crippen LogP contribution in [0.25, 0.3) is 11.1 Å². The van der Waals surface area contributed by atoms with Gasteiger partial charge in [0, 0.05) is 34.0 Å². The van der Waals surface area contributed by atoms with Gasteiger partial charge in [-0.1, -0.05) is 171 Å². The molecule has 2 nitrogen and oxygen atoms in total. The van der Waals surface area contributed by atoms with E-state index in [1.807, 2.05) is 0 Å². The Kier molecular flexibility index (Phi) is 10.0. The first-order valence-corrected chi connectivity index (χ1v) is 25.2. The molecule has 2 aliphatic carbocycles. The number of nitrogens with zero attached hydrogens (tertiary/aromatic N) is 2. The van der Waals surface area contributed by atoms with Crippen molar-refractivity contribution in [3.8, 4) is 11.1 Å². The Morgan fingerprint density at radius 3 is 1.56 bits per heavy atom. The van der Waals surface area contributed by atoms with Crippen LogP contribution >= 0.6 is 0 Å². The molecule has 0 N–H and O–H groups in total. The van der Waals surface area contributed by atoms with E-state index in [-0.39, 0.29) is 39.2 Å². The van der Waals surface area contributed by atoms with Gasteiger partial charge >= 0.3 is 0 Å². The summed E-state index contributed by atoms with van der Waals surface area (Å²) >= 11 is 0. The molecule has 2 heterocycles. The monoisotopic (exact) mass is 871 g/mol. The number of hydrogen-bond donors (Lipinski definition) is 0. The third kappa shape index (κ3) is 7.03. The molecule has 0 unspecified atom stereocenters. The van der Waals surface area contributed by atoms with E-state index < -0.39 is 0 Å². The van der Waals surface area contributed by atoms with Crippen molar-refractivity contribution in [3.63, 3.8) is 0 Å². The van der Waals surface area contributed by atoms with Gasteiger partial charge in [0.05, 0.1) is 5.69 Å². The molecule has 0 atom stereocenters. The molecular formula is C63H75BN2. The summed E-state index contributed by atoms with van der Waals surface area (Å²) in [5.41, 5.74) is 24.9. The minimum atomic E-state index is -0.0327. The van der Waals surface area contributed by atoms with E-state index >= 15 is 0 Å². The van der Waals surface area contributed by atoms with Crippen molar-refractivity contribution in [1.82, 2.24) is 0 Å². The predicted molar refractivity (Wildman–Crippen MR) is 288 cm³/mol. The Labute approximate surface area is 399 Å². The van der Waals surface area contributed by atoms with Gasteiger partial charge in [0.15, 0.2) is 0 Å². The largest absolute Gasteiger partial charge is 0.311 e. The predicted octanol–water partition coefficient (Wildman–Crippen LogP) is 15.9. The molecule has 3 heteroatoms. The molecule has 0 saturated heterocycles.